The van der Waals surface area contributed by atoms with Gasteiger partial charge in [0, 0.05) is 10.5 Å². The third kappa shape index (κ3) is 2.79. The summed E-state index contributed by atoms with van der Waals surface area (Å²) in [4.78, 5) is 9.79. The predicted molar refractivity (Wildman–Crippen MR) is 73.5 cm³/mol. The van der Waals surface area contributed by atoms with Crippen LogP contribution in [0.5, 0.6) is 5.88 Å². The van der Waals surface area contributed by atoms with Crippen molar-refractivity contribution in [2.45, 2.75) is 4.90 Å². The Bertz CT molecular complexity index is 516. The van der Waals surface area contributed by atoms with Crippen LogP contribution in [0.2, 0.25) is 0 Å². The van der Waals surface area contributed by atoms with Crippen molar-refractivity contribution in [2.24, 2.45) is 0 Å². The molecule has 0 atom stereocenters. The van der Waals surface area contributed by atoms with Crippen molar-refractivity contribution in [3.05, 3.63) is 35.1 Å². The largest absolute Gasteiger partial charge is 0.479 e. The van der Waals surface area contributed by atoms with Gasteiger partial charge in [-0.1, -0.05) is 12.1 Å². The van der Waals surface area contributed by atoms with Gasteiger partial charge in [0.05, 0.1) is 13.3 Å². The normalized spacial score (nSPS) is 10.3. The molecule has 0 unspecified atom stereocenters. The molecule has 0 aliphatic carbocycles. The molecule has 0 radical (unpaired) electrons. The number of thioether (sulfide) groups is 1. The van der Waals surface area contributed by atoms with E-state index in [0.29, 0.717) is 10.5 Å². The minimum absolute atomic E-state index is 0.533. The number of benzene rings is 1. The average molecular weight is 311 g/mol. The Kier molecular flexibility index (Phi) is 4.02. The Morgan fingerprint density at radius 2 is 1.94 bits per heavy atom. The molecule has 1 aromatic carbocycles. The summed E-state index contributed by atoms with van der Waals surface area (Å²) in [5.41, 5.74) is 1.74. The highest BCUT2D eigenvalue weighted by Gasteiger charge is 2.09. The highest BCUT2D eigenvalue weighted by atomic mass is 79.9. The maximum atomic E-state index is 5.21. The van der Waals surface area contributed by atoms with Gasteiger partial charge < -0.3 is 4.74 Å². The van der Waals surface area contributed by atoms with Crippen molar-refractivity contribution in [3.8, 4) is 17.1 Å². The van der Waals surface area contributed by atoms with E-state index in [0.717, 1.165) is 11.3 Å². The topological polar surface area (TPSA) is 35.0 Å². The van der Waals surface area contributed by atoms with Gasteiger partial charge in [-0.05, 0) is 34.3 Å². The van der Waals surface area contributed by atoms with E-state index in [4.69, 9.17) is 4.74 Å². The van der Waals surface area contributed by atoms with Gasteiger partial charge in [0.1, 0.15) is 10.3 Å². The standard InChI is InChI=1S/C12H11BrN2OS/c1-16-12-11(15-10(13)7-14-12)8-3-5-9(17-2)6-4-8/h3-7H,1-2H3. The smallest absolute Gasteiger partial charge is 0.240 e. The number of hydrogen-bond donors (Lipinski definition) is 0. The number of rotatable bonds is 3. The SMILES string of the molecule is COc1ncc(Br)nc1-c1ccc(SC)cc1. The van der Waals surface area contributed by atoms with Crippen LogP contribution in [0.4, 0.5) is 0 Å². The minimum Gasteiger partial charge on any atom is -0.479 e. The molecule has 0 spiro atoms. The Labute approximate surface area is 113 Å². The van der Waals surface area contributed by atoms with Crippen molar-refractivity contribution >= 4 is 27.7 Å². The molecule has 0 fully saturated rings. The van der Waals surface area contributed by atoms with Gasteiger partial charge >= 0.3 is 0 Å². The number of aromatic nitrogens is 2. The molecule has 0 aliphatic heterocycles. The molecule has 0 saturated heterocycles. The summed E-state index contributed by atoms with van der Waals surface area (Å²) in [5, 5.41) is 0. The molecule has 88 valence electrons. The summed E-state index contributed by atoms with van der Waals surface area (Å²) in [5.74, 6) is 0.533. The molecule has 5 heteroatoms. The lowest BCUT2D eigenvalue weighted by Crippen LogP contribution is -1.95. The number of methoxy groups -OCH3 is 1. The molecule has 17 heavy (non-hydrogen) atoms. The molecular weight excluding hydrogens is 300 g/mol. The van der Waals surface area contributed by atoms with Crippen LogP contribution in [-0.4, -0.2) is 23.3 Å². The molecule has 0 bridgehead atoms. The van der Waals surface area contributed by atoms with Gasteiger partial charge in [-0.25, -0.2) is 9.97 Å². The van der Waals surface area contributed by atoms with Gasteiger partial charge in [-0.2, -0.15) is 0 Å². The lowest BCUT2D eigenvalue weighted by molar-refractivity contribution is 0.397. The van der Waals surface area contributed by atoms with E-state index in [1.807, 2.05) is 12.1 Å². The summed E-state index contributed by atoms with van der Waals surface area (Å²) >= 11 is 5.03. The van der Waals surface area contributed by atoms with Gasteiger partial charge in [0.25, 0.3) is 0 Å². The van der Waals surface area contributed by atoms with Crippen LogP contribution in [0.15, 0.2) is 40.0 Å². The van der Waals surface area contributed by atoms with Crippen LogP contribution in [0, 0.1) is 0 Å². The van der Waals surface area contributed by atoms with E-state index in [-0.39, 0.29) is 0 Å². The molecule has 2 aromatic rings. The van der Waals surface area contributed by atoms with Crippen molar-refractivity contribution in [1.29, 1.82) is 0 Å². The fourth-order valence-electron chi connectivity index (χ4n) is 1.44. The van der Waals surface area contributed by atoms with E-state index >= 15 is 0 Å². The zero-order chi connectivity index (χ0) is 12.3. The van der Waals surface area contributed by atoms with Crippen molar-refractivity contribution in [3.63, 3.8) is 0 Å². The third-order valence-electron chi connectivity index (χ3n) is 2.27. The highest BCUT2D eigenvalue weighted by Crippen LogP contribution is 2.28. The zero-order valence-corrected chi connectivity index (χ0v) is 11.9. The second kappa shape index (κ2) is 5.51. The number of nitrogens with zero attached hydrogens (tertiary/aromatic N) is 2. The summed E-state index contributed by atoms with van der Waals surface area (Å²) in [6.07, 6.45) is 3.67. The van der Waals surface area contributed by atoms with Crippen LogP contribution >= 0.6 is 27.7 Å². The van der Waals surface area contributed by atoms with Crippen LogP contribution in [-0.2, 0) is 0 Å². The first kappa shape index (κ1) is 12.4. The second-order valence-corrected chi connectivity index (χ2v) is 4.97. The van der Waals surface area contributed by atoms with E-state index in [2.05, 4.69) is 44.3 Å². The first-order valence-electron chi connectivity index (χ1n) is 4.95. The molecule has 2 rings (SSSR count). The van der Waals surface area contributed by atoms with Crippen LogP contribution in [0.1, 0.15) is 0 Å². The monoisotopic (exact) mass is 310 g/mol. The van der Waals surface area contributed by atoms with Gasteiger partial charge in [0.2, 0.25) is 5.88 Å². The number of halogens is 1. The minimum atomic E-state index is 0.533. The first-order valence-corrected chi connectivity index (χ1v) is 6.97. The molecule has 0 saturated carbocycles. The fraction of sp³-hybridized carbons (Fsp3) is 0.167. The first-order chi connectivity index (χ1) is 8.24. The summed E-state index contributed by atoms with van der Waals surface area (Å²) < 4.78 is 5.91. The molecule has 1 aromatic heterocycles. The molecular formula is C12H11BrN2OS. The average Bonchev–Trinajstić information content (AvgIpc) is 2.39. The Balaban J connectivity index is 2.47. The summed E-state index contributed by atoms with van der Waals surface area (Å²) in [7, 11) is 1.59. The van der Waals surface area contributed by atoms with Crippen molar-refractivity contribution < 1.29 is 4.74 Å². The zero-order valence-electron chi connectivity index (χ0n) is 9.48. The summed E-state index contributed by atoms with van der Waals surface area (Å²) in [6, 6.07) is 8.15. The van der Waals surface area contributed by atoms with Gasteiger partial charge in [-0.15, -0.1) is 11.8 Å². The van der Waals surface area contributed by atoms with E-state index in [9.17, 15) is 0 Å². The lowest BCUT2D eigenvalue weighted by Gasteiger charge is -2.07. The van der Waals surface area contributed by atoms with Crippen molar-refractivity contribution in [2.75, 3.05) is 13.4 Å². The maximum absolute atomic E-state index is 5.21. The highest BCUT2D eigenvalue weighted by molar-refractivity contribution is 9.10. The molecule has 0 aliphatic rings. The molecule has 0 amide bonds. The van der Waals surface area contributed by atoms with Crippen molar-refractivity contribution in [1.82, 2.24) is 9.97 Å². The number of hydrogen-bond acceptors (Lipinski definition) is 4. The van der Waals surface area contributed by atoms with E-state index in [1.165, 1.54) is 4.90 Å². The molecule has 1 heterocycles. The quantitative estimate of drug-likeness (QED) is 0.811. The Morgan fingerprint density at radius 1 is 1.24 bits per heavy atom. The fourth-order valence-corrected chi connectivity index (χ4v) is 2.13. The molecule has 3 nitrogen and oxygen atoms in total. The summed E-state index contributed by atoms with van der Waals surface area (Å²) in [6.45, 7) is 0. The predicted octanol–water partition coefficient (Wildman–Crippen LogP) is 3.64. The van der Waals surface area contributed by atoms with Crippen LogP contribution in [0.3, 0.4) is 0 Å². The van der Waals surface area contributed by atoms with Gasteiger partial charge in [-0.3, -0.25) is 0 Å². The van der Waals surface area contributed by atoms with E-state index < -0.39 is 0 Å². The van der Waals surface area contributed by atoms with E-state index in [1.54, 1.807) is 25.1 Å². The Morgan fingerprint density at radius 3 is 2.53 bits per heavy atom. The second-order valence-electron chi connectivity index (χ2n) is 3.28. The number of ether oxygens (including phenoxy) is 1. The van der Waals surface area contributed by atoms with Crippen LogP contribution in [0.25, 0.3) is 11.3 Å². The van der Waals surface area contributed by atoms with Crippen LogP contribution < -0.4 is 4.74 Å². The third-order valence-corrected chi connectivity index (χ3v) is 3.39. The van der Waals surface area contributed by atoms with Gasteiger partial charge in [0.15, 0.2) is 0 Å². The lowest BCUT2D eigenvalue weighted by atomic mass is 10.1. The Hall–Kier alpha value is -1.07. The maximum Gasteiger partial charge on any atom is 0.240 e. The molecule has 0 N–H and O–H groups in total.